The van der Waals surface area contributed by atoms with Crippen molar-refractivity contribution in [1.29, 1.82) is 0 Å². The average molecular weight is 301 g/mol. The summed E-state index contributed by atoms with van der Waals surface area (Å²) in [4.78, 5) is 1.97. The zero-order chi connectivity index (χ0) is 13.1. The van der Waals surface area contributed by atoms with Crippen LogP contribution in [0.2, 0.25) is 0 Å². The number of alkyl halides is 1. The summed E-state index contributed by atoms with van der Waals surface area (Å²) in [6.45, 7) is 1.21. The molecule has 0 unspecified atom stereocenters. The van der Waals surface area contributed by atoms with E-state index in [1.54, 1.807) is 0 Å². The summed E-state index contributed by atoms with van der Waals surface area (Å²) >= 11 is 10.9. The molecule has 100 valence electrons. The monoisotopic (exact) mass is 300 g/mol. The Balaban J connectivity index is 2.32. The fourth-order valence-electron chi connectivity index (χ4n) is 1.45. The third-order valence-electron chi connectivity index (χ3n) is 2.36. The van der Waals surface area contributed by atoms with E-state index in [2.05, 4.69) is 5.32 Å². The summed E-state index contributed by atoms with van der Waals surface area (Å²) in [6.07, 6.45) is 0. The van der Waals surface area contributed by atoms with E-state index in [1.807, 2.05) is 19.0 Å². The summed E-state index contributed by atoms with van der Waals surface area (Å²) < 4.78 is 27.9. The molecule has 0 aromatic rings. The zero-order valence-electron chi connectivity index (χ0n) is 9.85. The van der Waals surface area contributed by atoms with Gasteiger partial charge in [-0.05, 0) is 26.3 Å². The fraction of sp³-hybridized carbons (Fsp3) is 0.889. The van der Waals surface area contributed by atoms with Crippen LogP contribution in [-0.4, -0.2) is 68.7 Å². The van der Waals surface area contributed by atoms with E-state index in [4.69, 9.17) is 28.6 Å². The number of nitrogens with one attached hydrogen (secondary N) is 1. The minimum atomic E-state index is -3.04. The molecule has 0 bridgehead atoms. The maximum absolute atomic E-state index is 11.3. The molecule has 8 heteroatoms. The van der Waals surface area contributed by atoms with Crippen molar-refractivity contribution in [2.24, 2.45) is 0 Å². The van der Waals surface area contributed by atoms with Gasteiger partial charge in [0.05, 0.1) is 22.9 Å². The standard InChI is InChI=1S/C9H17ClN2O3S2/c1-12(2)3-4-15-9(16)11-8-6-17(13,14)5-7(8)10/h7-8H,3-6H2,1-2H3,(H,11,16)/t7-,8+/m1/s1. The average Bonchev–Trinajstić information content (AvgIpc) is 2.38. The summed E-state index contributed by atoms with van der Waals surface area (Å²) in [5.41, 5.74) is 0. The number of halogens is 1. The lowest BCUT2D eigenvalue weighted by atomic mass is 10.3. The van der Waals surface area contributed by atoms with Gasteiger partial charge >= 0.3 is 0 Å². The highest BCUT2D eigenvalue weighted by atomic mass is 35.5. The molecular weight excluding hydrogens is 284 g/mol. The number of hydrogen-bond donors (Lipinski definition) is 1. The van der Waals surface area contributed by atoms with Gasteiger partial charge in [0.15, 0.2) is 9.84 Å². The minimum absolute atomic E-state index is 0.00741. The molecule has 1 N–H and O–H groups in total. The molecule has 0 spiro atoms. The lowest BCUT2D eigenvalue weighted by Gasteiger charge is -2.17. The molecule has 0 aromatic carbocycles. The molecule has 1 fully saturated rings. The Hall–Kier alpha value is -0.110. The first-order valence-electron chi connectivity index (χ1n) is 5.22. The third kappa shape index (κ3) is 5.37. The predicted octanol–water partition coefficient (Wildman–Crippen LogP) is -0.156. The van der Waals surface area contributed by atoms with E-state index in [0.29, 0.717) is 6.61 Å². The molecular formula is C9H17ClN2O3S2. The SMILES string of the molecule is CN(C)CCOC(=S)N[C@H]1CS(=O)(=O)C[C@H]1Cl. The first-order chi connectivity index (χ1) is 7.80. The van der Waals surface area contributed by atoms with Crippen molar-refractivity contribution >= 4 is 38.8 Å². The van der Waals surface area contributed by atoms with Crippen molar-refractivity contribution in [2.75, 3.05) is 38.8 Å². The van der Waals surface area contributed by atoms with Gasteiger partial charge in [-0.1, -0.05) is 0 Å². The summed E-state index contributed by atoms with van der Waals surface area (Å²) in [5, 5.41) is 2.60. The number of nitrogens with zero attached hydrogens (tertiary/aromatic N) is 1. The van der Waals surface area contributed by atoms with Crippen LogP contribution in [0.1, 0.15) is 0 Å². The Labute approximate surface area is 112 Å². The zero-order valence-corrected chi connectivity index (χ0v) is 12.2. The predicted molar refractivity (Wildman–Crippen MR) is 72.3 cm³/mol. The van der Waals surface area contributed by atoms with E-state index in [-0.39, 0.29) is 22.7 Å². The fourth-order valence-corrected chi connectivity index (χ4v) is 4.24. The van der Waals surface area contributed by atoms with Crippen LogP contribution in [0.25, 0.3) is 0 Å². The lowest BCUT2D eigenvalue weighted by Crippen LogP contribution is -2.41. The van der Waals surface area contributed by atoms with E-state index < -0.39 is 15.2 Å². The first kappa shape index (κ1) is 14.9. The van der Waals surface area contributed by atoms with E-state index in [0.717, 1.165) is 6.54 Å². The molecule has 0 aliphatic carbocycles. The molecule has 2 atom stereocenters. The lowest BCUT2D eigenvalue weighted by molar-refractivity contribution is 0.246. The number of sulfone groups is 1. The quantitative estimate of drug-likeness (QED) is 0.575. The number of ether oxygens (including phenoxy) is 1. The van der Waals surface area contributed by atoms with Crippen LogP contribution in [0.3, 0.4) is 0 Å². The van der Waals surface area contributed by atoms with Crippen molar-refractivity contribution in [1.82, 2.24) is 10.2 Å². The first-order valence-corrected chi connectivity index (χ1v) is 7.89. The van der Waals surface area contributed by atoms with Gasteiger partial charge in [-0.15, -0.1) is 11.6 Å². The van der Waals surface area contributed by atoms with E-state index in [9.17, 15) is 8.42 Å². The largest absolute Gasteiger partial charge is 0.470 e. The van der Waals surface area contributed by atoms with Crippen LogP contribution < -0.4 is 5.32 Å². The Morgan fingerprint density at radius 2 is 2.18 bits per heavy atom. The highest BCUT2D eigenvalue weighted by Crippen LogP contribution is 2.17. The maximum Gasteiger partial charge on any atom is 0.256 e. The summed E-state index contributed by atoms with van der Waals surface area (Å²) in [7, 11) is 0.815. The van der Waals surface area contributed by atoms with Crippen LogP contribution in [0.4, 0.5) is 0 Å². The van der Waals surface area contributed by atoms with Crippen LogP contribution in [0, 0.1) is 0 Å². The van der Waals surface area contributed by atoms with Crippen LogP contribution in [0.5, 0.6) is 0 Å². The van der Waals surface area contributed by atoms with Crippen molar-refractivity contribution in [3.05, 3.63) is 0 Å². The Bertz CT molecular complexity index is 372. The Kier molecular flexibility index (Phi) is 5.43. The van der Waals surface area contributed by atoms with Gasteiger partial charge < -0.3 is 15.0 Å². The molecule has 1 rings (SSSR count). The number of hydrogen-bond acceptors (Lipinski definition) is 5. The van der Waals surface area contributed by atoms with E-state index in [1.165, 1.54) is 0 Å². The van der Waals surface area contributed by atoms with Gasteiger partial charge in [0, 0.05) is 6.54 Å². The second kappa shape index (κ2) is 6.17. The van der Waals surface area contributed by atoms with Crippen LogP contribution in [0.15, 0.2) is 0 Å². The molecule has 0 saturated carbocycles. The smallest absolute Gasteiger partial charge is 0.256 e. The molecule has 0 amide bonds. The molecule has 0 aromatic heterocycles. The van der Waals surface area contributed by atoms with Gasteiger partial charge in [-0.2, -0.15) is 0 Å². The van der Waals surface area contributed by atoms with Gasteiger partial charge in [-0.3, -0.25) is 0 Å². The third-order valence-corrected chi connectivity index (χ3v) is 4.97. The normalized spacial score (nSPS) is 27.1. The summed E-state index contributed by atoms with van der Waals surface area (Å²) in [6, 6.07) is -0.353. The van der Waals surface area contributed by atoms with Crippen molar-refractivity contribution < 1.29 is 13.2 Å². The highest BCUT2D eigenvalue weighted by molar-refractivity contribution is 7.91. The molecule has 1 aliphatic rings. The molecule has 0 radical (unpaired) electrons. The van der Waals surface area contributed by atoms with Gasteiger partial charge in [-0.25, -0.2) is 8.42 Å². The van der Waals surface area contributed by atoms with Gasteiger partial charge in [0.1, 0.15) is 6.61 Å². The topological polar surface area (TPSA) is 58.6 Å². The van der Waals surface area contributed by atoms with Crippen molar-refractivity contribution in [3.63, 3.8) is 0 Å². The van der Waals surface area contributed by atoms with Crippen molar-refractivity contribution in [2.45, 2.75) is 11.4 Å². The number of thiocarbonyl (C=S) groups is 1. The van der Waals surface area contributed by atoms with Crippen molar-refractivity contribution in [3.8, 4) is 0 Å². The highest BCUT2D eigenvalue weighted by Gasteiger charge is 2.36. The molecule has 1 heterocycles. The number of likely N-dealkylation sites (N-methyl/N-ethyl adjacent to an activating group) is 1. The summed E-state index contributed by atoms with van der Waals surface area (Å²) in [5.74, 6) is 0.00484. The maximum atomic E-state index is 11.3. The molecule has 1 saturated heterocycles. The second-order valence-electron chi connectivity index (χ2n) is 4.28. The van der Waals surface area contributed by atoms with Crippen LogP contribution >= 0.6 is 23.8 Å². The van der Waals surface area contributed by atoms with Crippen LogP contribution in [-0.2, 0) is 14.6 Å². The van der Waals surface area contributed by atoms with Gasteiger partial charge in [0.2, 0.25) is 0 Å². The molecule has 1 aliphatic heterocycles. The minimum Gasteiger partial charge on any atom is -0.470 e. The number of rotatable bonds is 4. The van der Waals surface area contributed by atoms with E-state index >= 15 is 0 Å². The molecule has 5 nitrogen and oxygen atoms in total. The Morgan fingerprint density at radius 3 is 2.65 bits per heavy atom. The Morgan fingerprint density at radius 1 is 1.53 bits per heavy atom. The van der Waals surface area contributed by atoms with Gasteiger partial charge in [0.25, 0.3) is 5.17 Å². The molecule has 17 heavy (non-hydrogen) atoms. The second-order valence-corrected chi connectivity index (χ2v) is 7.37.